The molecule has 3 nitrogen and oxygen atoms in total. The zero-order chi connectivity index (χ0) is 11.7. The van der Waals surface area contributed by atoms with E-state index in [2.05, 4.69) is 15.3 Å². The average molecular weight is 248 g/mol. The Balaban J connectivity index is 1.88. The molecule has 1 saturated heterocycles. The van der Waals surface area contributed by atoms with Crippen LogP contribution in [0.15, 0.2) is 24.4 Å². The molecule has 1 aliphatic heterocycles. The second-order valence-corrected chi connectivity index (χ2v) is 4.92. The third-order valence-corrected chi connectivity index (χ3v) is 3.42. The molecule has 2 aromatic rings. The third kappa shape index (κ3) is 2.40. The first-order valence-corrected chi connectivity index (χ1v) is 6.33. The molecule has 1 unspecified atom stereocenters. The minimum absolute atomic E-state index is 0.541. The van der Waals surface area contributed by atoms with Crippen molar-refractivity contribution >= 4 is 22.5 Å². The Morgan fingerprint density at radius 2 is 2.35 bits per heavy atom. The van der Waals surface area contributed by atoms with Crippen molar-refractivity contribution < 1.29 is 0 Å². The Morgan fingerprint density at radius 3 is 3.18 bits per heavy atom. The topological polar surface area (TPSA) is 37.8 Å². The van der Waals surface area contributed by atoms with Crippen LogP contribution >= 0.6 is 11.6 Å². The molecule has 0 spiro atoms. The zero-order valence-electron chi connectivity index (χ0n) is 9.49. The highest BCUT2D eigenvalue weighted by molar-refractivity contribution is 6.31. The summed E-state index contributed by atoms with van der Waals surface area (Å²) in [5.74, 6) is 0.916. The highest BCUT2D eigenvalue weighted by Crippen LogP contribution is 2.18. The number of nitrogens with one attached hydrogen (secondary N) is 1. The maximum atomic E-state index is 5.93. The molecular weight excluding hydrogens is 234 g/mol. The van der Waals surface area contributed by atoms with E-state index in [0.717, 1.165) is 34.7 Å². The van der Waals surface area contributed by atoms with Crippen molar-refractivity contribution in [2.75, 3.05) is 6.54 Å². The quantitative estimate of drug-likeness (QED) is 0.887. The summed E-state index contributed by atoms with van der Waals surface area (Å²) in [6.45, 7) is 1.12. The molecule has 0 saturated carbocycles. The molecule has 1 aromatic heterocycles. The maximum Gasteiger partial charge on any atom is 0.130 e. The number of rotatable bonds is 2. The fraction of sp³-hybridized carbons (Fsp3) is 0.385. The lowest BCUT2D eigenvalue weighted by Crippen LogP contribution is -2.24. The first kappa shape index (κ1) is 10.9. The van der Waals surface area contributed by atoms with Crippen LogP contribution in [-0.2, 0) is 6.42 Å². The summed E-state index contributed by atoms with van der Waals surface area (Å²) in [5.41, 5.74) is 0.970. The van der Waals surface area contributed by atoms with Gasteiger partial charge in [0.15, 0.2) is 0 Å². The van der Waals surface area contributed by atoms with Crippen molar-refractivity contribution in [2.45, 2.75) is 25.3 Å². The number of aromatic nitrogens is 2. The van der Waals surface area contributed by atoms with Gasteiger partial charge in [0.25, 0.3) is 0 Å². The predicted octanol–water partition coefficient (Wildman–Crippen LogP) is 2.58. The molecule has 1 atom stereocenters. The number of fused-ring (bicyclic) bond motifs is 1. The number of benzene rings is 1. The van der Waals surface area contributed by atoms with Gasteiger partial charge in [-0.15, -0.1) is 0 Å². The van der Waals surface area contributed by atoms with E-state index in [9.17, 15) is 0 Å². The van der Waals surface area contributed by atoms with Crippen LogP contribution in [0.4, 0.5) is 0 Å². The van der Waals surface area contributed by atoms with E-state index >= 15 is 0 Å². The van der Waals surface area contributed by atoms with Gasteiger partial charge in [-0.05, 0) is 37.6 Å². The van der Waals surface area contributed by atoms with E-state index in [1.165, 1.54) is 12.8 Å². The van der Waals surface area contributed by atoms with Gasteiger partial charge in [0, 0.05) is 29.1 Å². The monoisotopic (exact) mass is 247 g/mol. The molecule has 3 rings (SSSR count). The Morgan fingerprint density at radius 1 is 1.41 bits per heavy atom. The van der Waals surface area contributed by atoms with Crippen molar-refractivity contribution in [2.24, 2.45) is 0 Å². The van der Waals surface area contributed by atoms with Gasteiger partial charge in [-0.2, -0.15) is 0 Å². The molecule has 0 amide bonds. The number of hydrogen-bond acceptors (Lipinski definition) is 3. The van der Waals surface area contributed by atoms with Gasteiger partial charge in [0.05, 0.1) is 5.52 Å². The summed E-state index contributed by atoms with van der Waals surface area (Å²) in [6, 6.07) is 6.26. The van der Waals surface area contributed by atoms with E-state index in [1.54, 1.807) is 0 Å². The first-order valence-electron chi connectivity index (χ1n) is 5.96. The molecule has 2 heterocycles. The normalized spacial score (nSPS) is 19.9. The lowest BCUT2D eigenvalue weighted by atomic mass is 10.1. The Hall–Kier alpha value is -1.19. The molecule has 1 aromatic carbocycles. The van der Waals surface area contributed by atoms with Crippen molar-refractivity contribution in [3.8, 4) is 0 Å². The minimum atomic E-state index is 0.541. The highest BCUT2D eigenvalue weighted by Gasteiger charge is 2.15. The predicted molar refractivity (Wildman–Crippen MR) is 69.3 cm³/mol. The molecule has 4 heteroatoms. The number of nitrogens with zero attached hydrogens (tertiary/aromatic N) is 2. The summed E-state index contributed by atoms with van der Waals surface area (Å²) < 4.78 is 0. The van der Waals surface area contributed by atoms with Gasteiger partial charge < -0.3 is 5.32 Å². The lowest BCUT2D eigenvalue weighted by Gasteiger charge is -2.08. The van der Waals surface area contributed by atoms with E-state index in [-0.39, 0.29) is 0 Å². The number of halogens is 1. The molecule has 0 aliphatic carbocycles. The molecule has 1 N–H and O–H groups in total. The summed E-state index contributed by atoms with van der Waals surface area (Å²) in [4.78, 5) is 8.97. The fourth-order valence-corrected chi connectivity index (χ4v) is 2.47. The molecule has 1 aliphatic rings. The Bertz CT molecular complexity index is 535. The number of hydrogen-bond donors (Lipinski definition) is 1. The van der Waals surface area contributed by atoms with Crippen molar-refractivity contribution in [1.29, 1.82) is 0 Å². The molecule has 0 bridgehead atoms. The van der Waals surface area contributed by atoms with Crippen molar-refractivity contribution in [3.05, 3.63) is 35.2 Å². The van der Waals surface area contributed by atoms with Crippen LogP contribution in [0.25, 0.3) is 10.9 Å². The van der Waals surface area contributed by atoms with Crippen LogP contribution in [0.2, 0.25) is 5.02 Å². The van der Waals surface area contributed by atoms with Gasteiger partial charge in [-0.1, -0.05) is 11.6 Å². The molecular formula is C13H14ClN3. The Labute approximate surface area is 105 Å². The van der Waals surface area contributed by atoms with E-state index < -0.39 is 0 Å². The summed E-state index contributed by atoms with van der Waals surface area (Å²) >= 11 is 5.93. The standard InChI is InChI=1S/C13H14ClN3/c14-10-3-4-12-9(6-10)8-16-13(17-12)7-11-2-1-5-15-11/h3-4,6,8,11,15H,1-2,5,7H2. The highest BCUT2D eigenvalue weighted by atomic mass is 35.5. The molecule has 1 fully saturated rings. The third-order valence-electron chi connectivity index (χ3n) is 3.18. The van der Waals surface area contributed by atoms with Crippen LogP contribution in [-0.4, -0.2) is 22.6 Å². The van der Waals surface area contributed by atoms with Crippen LogP contribution in [0.1, 0.15) is 18.7 Å². The summed E-state index contributed by atoms with van der Waals surface area (Å²) in [7, 11) is 0. The van der Waals surface area contributed by atoms with E-state index in [1.807, 2.05) is 24.4 Å². The smallest absolute Gasteiger partial charge is 0.130 e. The van der Waals surface area contributed by atoms with Crippen molar-refractivity contribution in [3.63, 3.8) is 0 Å². The molecule has 17 heavy (non-hydrogen) atoms. The zero-order valence-corrected chi connectivity index (χ0v) is 10.2. The van der Waals surface area contributed by atoms with Crippen LogP contribution in [0.5, 0.6) is 0 Å². The van der Waals surface area contributed by atoms with Crippen LogP contribution in [0, 0.1) is 0 Å². The minimum Gasteiger partial charge on any atom is -0.314 e. The molecule has 0 radical (unpaired) electrons. The van der Waals surface area contributed by atoms with Gasteiger partial charge in [-0.25, -0.2) is 9.97 Å². The van der Waals surface area contributed by atoms with Gasteiger partial charge >= 0.3 is 0 Å². The molecule has 88 valence electrons. The van der Waals surface area contributed by atoms with E-state index in [0.29, 0.717) is 6.04 Å². The van der Waals surface area contributed by atoms with Gasteiger partial charge in [0.1, 0.15) is 5.82 Å². The lowest BCUT2D eigenvalue weighted by molar-refractivity contribution is 0.586. The summed E-state index contributed by atoms with van der Waals surface area (Å²) in [5, 5.41) is 5.19. The van der Waals surface area contributed by atoms with E-state index in [4.69, 9.17) is 11.6 Å². The second-order valence-electron chi connectivity index (χ2n) is 4.49. The second kappa shape index (κ2) is 4.59. The maximum absolute atomic E-state index is 5.93. The van der Waals surface area contributed by atoms with Crippen LogP contribution < -0.4 is 5.32 Å². The Kier molecular flexibility index (Phi) is 2.95. The first-order chi connectivity index (χ1) is 8.31. The van der Waals surface area contributed by atoms with Gasteiger partial charge in [-0.3, -0.25) is 0 Å². The SMILES string of the molecule is Clc1ccc2nc(CC3CCCN3)ncc2c1. The van der Waals surface area contributed by atoms with Crippen molar-refractivity contribution in [1.82, 2.24) is 15.3 Å². The van der Waals surface area contributed by atoms with Gasteiger partial charge in [0.2, 0.25) is 0 Å². The van der Waals surface area contributed by atoms with Crippen LogP contribution in [0.3, 0.4) is 0 Å². The summed E-state index contributed by atoms with van der Waals surface area (Å²) in [6.07, 6.45) is 5.26. The average Bonchev–Trinajstić information content (AvgIpc) is 2.82. The fourth-order valence-electron chi connectivity index (χ4n) is 2.29. The largest absolute Gasteiger partial charge is 0.314 e.